The molecule has 1 rings (SSSR count). The van der Waals surface area contributed by atoms with Gasteiger partial charge in [-0.05, 0) is 51.6 Å². The van der Waals surface area contributed by atoms with Gasteiger partial charge in [0.2, 0.25) is 0 Å². The highest BCUT2D eigenvalue weighted by Crippen LogP contribution is 2.05. The van der Waals surface area contributed by atoms with Gasteiger partial charge in [0.1, 0.15) is 0 Å². The third kappa shape index (κ3) is 7.14. The van der Waals surface area contributed by atoms with E-state index in [9.17, 15) is 0 Å². The normalized spacial score (nSPS) is 14.5. The highest BCUT2D eigenvalue weighted by molar-refractivity contribution is 5.14. The Labute approximate surface area is 105 Å². The highest BCUT2D eigenvalue weighted by Gasteiger charge is 2.02. The average Bonchev–Trinajstić information content (AvgIpc) is 2.33. The number of aryl methyl sites for hydroxylation is 1. The van der Waals surface area contributed by atoms with Crippen LogP contribution in [0.5, 0.6) is 0 Å². The summed E-state index contributed by atoms with van der Waals surface area (Å²) in [5.74, 6) is 0. The lowest BCUT2D eigenvalue weighted by Gasteiger charge is -2.14. The minimum atomic E-state index is -0.170. The Kier molecular flexibility index (Phi) is 6.90. The molecule has 1 aromatic rings. The fourth-order valence-corrected chi connectivity index (χ4v) is 1.88. The van der Waals surface area contributed by atoms with Crippen LogP contribution < -0.4 is 5.32 Å². The van der Waals surface area contributed by atoms with Crippen molar-refractivity contribution in [3.63, 3.8) is 0 Å². The largest absolute Gasteiger partial charge is 0.393 e. The van der Waals surface area contributed by atoms with Gasteiger partial charge in [-0.25, -0.2) is 0 Å². The van der Waals surface area contributed by atoms with Crippen molar-refractivity contribution in [2.24, 2.45) is 0 Å². The van der Waals surface area contributed by atoms with Crippen LogP contribution in [0.4, 0.5) is 0 Å². The molecule has 0 saturated heterocycles. The van der Waals surface area contributed by atoms with Crippen molar-refractivity contribution in [1.29, 1.82) is 0 Å². The van der Waals surface area contributed by atoms with Gasteiger partial charge in [-0.3, -0.25) is 0 Å². The van der Waals surface area contributed by atoms with E-state index in [0.717, 1.165) is 25.8 Å². The molecule has 0 spiro atoms. The first-order valence-electron chi connectivity index (χ1n) is 6.64. The quantitative estimate of drug-likeness (QED) is 0.679. The molecule has 0 amide bonds. The van der Waals surface area contributed by atoms with Gasteiger partial charge in [0.25, 0.3) is 0 Å². The fourth-order valence-electron chi connectivity index (χ4n) is 1.88. The SMILES string of the molecule is CC(O)CCCNC(C)CCc1ccccc1. The molecule has 0 aliphatic rings. The van der Waals surface area contributed by atoms with Crippen LogP contribution in [0, 0.1) is 0 Å². The summed E-state index contributed by atoms with van der Waals surface area (Å²) in [4.78, 5) is 0. The van der Waals surface area contributed by atoms with E-state index < -0.39 is 0 Å². The van der Waals surface area contributed by atoms with Crippen molar-refractivity contribution in [2.75, 3.05) is 6.54 Å². The minimum Gasteiger partial charge on any atom is -0.393 e. The van der Waals surface area contributed by atoms with E-state index in [1.54, 1.807) is 0 Å². The number of aliphatic hydroxyl groups is 1. The van der Waals surface area contributed by atoms with Gasteiger partial charge in [-0.2, -0.15) is 0 Å². The number of benzene rings is 1. The standard InChI is InChI=1S/C15H25NO/c1-13(16-12-6-7-14(2)17)10-11-15-8-4-3-5-9-15/h3-5,8-9,13-14,16-17H,6-7,10-12H2,1-2H3. The summed E-state index contributed by atoms with van der Waals surface area (Å²) < 4.78 is 0. The van der Waals surface area contributed by atoms with E-state index in [4.69, 9.17) is 5.11 Å². The number of nitrogens with one attached hydrogen (secondary N) is 1. The summed E-state index contributed by atoms with van der Waals surface area (Å²) in [5, 5.41) is 12.6. The van der Waals surface area contributed by atoms with Crippen LogP contribution in [-0.2, 0) is 6.42 Å². The summed E-state index contributed by atoms with van der Waals surface area (Å²) in [5.41, 5.74) is 1.41. The van der Waals surface area contributed by atoms with Gasteiger partial charge in [-0.15, -0.1) is 0 Å². The van der Waals surface area contributed by atoms with Gasteiger partial charge in [-0.1, -0.05) is 30.3 Å². The van der Waals surface area contributed by atoms with E-state index in [2.05, 4.69) is 42.6 Å². The molecule has 2 atom stereocenters. The molecule has 17 heavy (non-hydrogen) atoms. The third-order valence-electron chi connectivity index (χ3n) is 3.00. The molecular weight excluding hydrogens is 210 g/mol. The molecule has 0 aromatic heterocycles. The Balaban J connectivity index is 2.07. The van der Waals surface area contributed by atoms with E-state index in [1.165, 1.54) is 12.0 Å². The van der Waals surface area contributed by atoms with Crippen molar-refractivity contribution >= 4 is 0 Å². The molecule has 0 aliphatic heterocycles. The number of hydrogen-bond donors (Lipinski definition) is 2. The monoisotopic (exact) mass is 235 g/mol. The molecule has 0 radical (unpaired) electrons. The molecule has 0 bridgehead atoms. The molecule has 0 fully saturated rings. The van der Waals surface area contributed by atoms with Crippen molar-refractivity contribution in [1.82, 2.24) is 5.32 Å². The summed E-state index contributed by atoms with van der Waals surface area (Å²) in [6.45, 7) is 5.07. The molecular formula is C15H25NO. The first-order chi connectivity index (χ1) is 8.18. The van der Waals surface area contributed by atoms with Crippen LogP contribution in [0.1, 0.15) is 38.7 Å². The molecule has 1 aromatic carbocycles. The Morgan fingerprint density at radius 1 is 1.12 bits per heavy atom. The number of rotatable bonds is 8. The van der Waals surface area contributed by atoms with E-state index in [0.29, 0.717) is 6.04 Å². The Morgan fingerprint density at radius 3 is 2.47 bits per heavy atom. The minimum absolute atomic E-state index is 0.170. The highest BCUT2D eigenvalue weighted by atomic mass is 16.3. The van der Waals surface area contributed by atoms with Gasteiger partial charge in [0.05, 0.1) is 6.10 Å². The lowest BCUT2D eigenvalue weighted by molar-refractivity contribution is 0.181. The maximum absolute atomic E-state index is 9.14. The van der Waals surface area contributed by atoms with E-state index in [1.807, 2.05) is 6.92 Å². The Morgan fingerprint density at radius 2 is 1.82 bits per heavy atom. The average molecular weight is 235 g/mol. The lowest BCUT2D eigenvalue weighted by atomic mass is 10.1. The van der Waals surface area contributed by atoms with Crippen LogP contribution >= 0.6 is 0 Å². The molecule has 0 saturated carbocycles. The summed E-state index contributed by atoms with van der Waals surface area (Å²) in [6.07, 6.45) is 4.06. The van der Waals surface area contributed by atoms with Gasteiger partial charge in [0.15, 0.2) is 0 Å². The maximum atomic E-state index is 9.14. The second-order valence-electron chi connectivity index (χ2n) is 4.87. The summed E-state index contributed by atoms with van der Waals surface area (Å²) in [6, 6.07) is 11.2. The predicted octanol–water partition coefficient (Wildman–Crippen LogP) is 2.76. The van der Waals surface area contributed by atoms with Crippen LogP contribution in [0.25, 0.3) is 0 Å². The van der Waals surface area contributed by atoms with Crippen LogP contribution in [0.15, 0.2) is 30.3 Å². The first-order valence-corrected chi connectivity index (χ1v) is 6.64. The molecule has 2 heteroatoms. The first kappa shape index (κ1) is 14.2. The second-order valence-corrected chi connectivity index (χ2v) is 4.87. The van der Waals surface area contributed by atoms with Crippen molar-refractivity contribution < 1.29 is 5.11 Å². The molecule has 2 nitrogen and oxygen atoms in total. The third-order valence-corrected chi connectivity index (χ3v) is 3.00. The van der Waals surface area contributed by atoms with E-state index >= 15 is 0 Å². The number of aliphatic hydroxyl groups excluding tert-OH is 1. The van der Waals surface area contributed by atoms with Crippen molar-refractivity contribution in [2.45, 2.75) is 51.7 Å². The molecule has 2 unspecified atom stereocenters. The van der Waals surface area contributed by atoms with Crippen molar-refractivity contribution in [3.8, 4) is 0 Å². The lowest BCUT2D eigenvalue weighted by Crippen LogP contribution is -2.27. The van der Waals surface area contributed by atoms with Gasteiger partial charge >= 0.3 is 0 Å². The summed E-state index contributed by atoms with van der Waals surface area (Å²) in [7, 11) is 0. The zero-order valence-corrected chi connectivity index (χ0v) is 11.0. The summed E-state index contributed by atoms with van der Waals surface area (Å²) >= 11 is 0. The topological polar surface area (TPSA) is 32.3 Å². The fraction of sp³-hybridized carbons (Fsp3) is 0.600. The van der Waals surface area contributed by atoms with Gasteiger partial charge in [0, 0.05) is 6.04 Å². The zero-order chi connectivity index (χ0) is 12.5. The number of hydrogen-bond acceptors (Lipinski definition) is 2. The van der Waals surface area contributed by atoms with Gasteiger partial charge < -0.3 is 10.4 Å². The zero-order valence-electron chi connectivity index (χ0n) is 11.0. The van der Waals surface area contributed by atoms with E-state index in [-0.39, 0.29) is 6.10 Å². The molecule has 0 aliphatic carbocycles. The van der Waals surface area contributed by atoms with Crippen LogP contribution in [-0.4, -0.2) is 23.8 Å². The van der Waals surface area contributed by atoms with Crippen LogP contribution in [0.2, 0.25) is 0 Å². The predicted molar refractivity (Wildman–Crippen MR) is 73.1 cm³/mol. The Hall–Kier alpha value is -0.860. The van der Waals surface area contributed by atoms with Crippen molar-refractivity contribution in [3.05, 3.63) is 35.9 Å². The molecule has 0 heterocycles. The molecule has 96 valence electrons. The smallest absolute Gasteiger partial charge is 0.0512 e. The second kappa shape index (κ2) is 8.26. The maximum Gasteiger partial charge on any atom is 0.0512 e. The van der Waals surface area contributed by atoms with Crippen LogP contribution in [0.3, 0.4) is 0 Å². The molecule has 2 N–H and O–H groups in total. The Bertz CT molecular complexity index is 284.